The van der Waals surface area contributed by atoms with Crippen molar-refractivity contribution >= 4 is 38.2 Å². The highest BCUT2D eigenvalue weighted by atomic mass is 79.9. The first-order chi connectivity index (χ1) is 9.29. The largest absolute Gasteiger partial charge is 0.271 e. The van der Waals surface area contributed by atoms with Gasteiger partial charge in [-0.3, -0.25) is 10.8 Å². The lowest BCUT2D eigenvalue weighted by Crippen LogP contribution is -2.29. The van der Waals surface area contributed by atoms with Gasteiger partial charge in [0, 0.05) is 20.8 Å². The van der Waals surface area contributed by atoms with Crippen molar-refractivity contribution in [3.05, 3.63) is 62.9 Å². The second-order valence-corrected chi connectivity index (χ2v) is 5.80. The van der Waals surface area contributed by atoms with Crippen LogP contribution < -0.4 is 11.3 Å². The number of hydrogen-bond acceptors (Lipinski definition) is 4. The summed E-state index contributed by atoms with van der Waals surface area (Å²) in [5, 5.41) is 5.25. The van der Waals surface area contributed by atoms with Crippen molar-refractivity contribution in [2.45, 2.75) is 6.04 Å². The molecule has 3 N–H and O–H groups in total. The maximum absolute atomic E-state index is 5.70. The van der Waals surface area contributed by atoms with Gasteiger partial charge in [0.1, 0.15) is 0 Å². The van der Waals surface area contributed by atoms with Gasteiger partial charge in [0.2, 0.25) is 0 Å². The number of nitrogens with one attached hydrogen (secondary N) is 1. The molecule has 3 rings (SSSR count). The molecule has 0 fully saturated rings. The molecular formula is C14H12BrN3S. The average molecular weight is 334 g/mol. The van der Waals surface area contributed by atoms with E-state index >= 15 is 0 Å². The number of aromatic nitrogens is 1. The monoisotopic (exact) mass is 333 g/mol. The smallest absolute Gasteiger partial charge is 0.0900 e. The molecule has 0 aliphatic carbocycles. The van der Waals surface area contributed by atoms with Gasteiger partial charge in [0.05, 0.1) is 17.3 Å². The molecule has 19 heavy (non-hydrogen) atoms. The van der Waals surface area contributed by atoms with E-state index in [9.17, 15) is 0 Å². The topological polar surface area (TPSA) is 50.9 Å². The predicted octanol–water partition coefficient (Wildman–Crippen LogP) is 3.61. The third-order valence-electron chi connectivity index (χ3n) is 3.04. The Hall–Kier alpha value is -1.27. The van der Waals surface area contributed by atoms with Gasteiger partial charge < -0.3 is 0 Å². The van der Waals surface area contributed by atoms with Crippen molar-refractivity contribution in [3.8, 4) is 0 Å². The van der Waals surface area contributed by atoms with Gasteiger partial charge in [-0.15, -0.1) is 0 Å². The third-order valence-corrected chi connectivity index (χ3v) is 4.79. The van der Waals surface area contributed by atoms with Crippen molar-refractivity contribution in [2.75, 3.05) is 0 Å². The van der Waals surface area contributed by atoms with Crippen molar-refractivity contribution in [2.24, 2.45) is 5.84 Å². The van der Waals surface area contributed by atoms with Crippen LogP contribution in [0.15, 0.2) is 51.6 Å². The number of benzene rings is 1. The average Bonchev–Trinajstić information content (AvgIpc) is 2.86. The molecule has 0 radical (unpaired) electrons. The second kappa shape index (κ2) is 5.38. The Morgan fingerprint density at radius 3 is 2.74 bits per heavy atom. The lowest BCUT2D eigenvalue weighted by molar-refractivity contribution is 0.623. The Morgan fingerprint density at radius 1 is 1.16 bits per heavy atom. The maximum Gasteiger partial charge on any atom is 0.0900 e. The number of nitrogens with zero attached hydrogens (tertiary/aromatic N) is 1. The Balaban J connectivity index is 2.09. The summed E-state index contributed by atoms with van der Waals surface area (Å²) in [6.45, 7) is 0. The highest BCUT2D eigenvalue weighted by Gasteiger charge is 2.17. The van der Waals surface area contributed by atoms with Crippen LogP contribution >= 0.6 is 27.3 Å². The van der Waals surface area contributed by atoms with Crippen LogP contribution in [0.5, 0.6) is 0 Å². The fraction of sp³-hybridized carbons (Fsp3) is 0.0714. The molecule has 0 aliphatic rings. The van der Waals surface area contributed by atoms with Gasteiger partial charge in [0.25, 0.3) is 0 Å². The SMILES string of the molecule is NNC(c1ccc2ccccc2n1)c1cscc1Br. The molecular weight excluding hydrogens is 322 g/mol. The third kappa shape index (κ3) is 2.42. The molecule has 5 heteroatoms. The van der Waals surface area contributed by atoms with E-state index in [2.05, 4.69) is 43.9 Å². The van der Waals surface area contributed by atoms with Crippen LogP contribution in [0.3, 0.4) is 0 Å². The highest BCUT2D eigenvalue weighted by molar-refractivity contribution is 9.10. The summed E-state index contributed by atoms with van der Waals surface area (Å²) < 4.78 is 1.05. The quantitative estimate of drug-likeness (QED) is 0.568. The summed E-state index contributed by atoms with van der Waals surface area (Å²) in [7, 11) is 0. The van der Waals surface area contributed by atoms with E-state index in [-0.39, 0.29) is 6.04 Å². The summed E-state index contributed by atoms with van der Waals surface area (Å²) in [5.41, 5.74) is 5.84. The number of hydrazine groups is 1. The molecule has 0 bridgehead atoms. The maximum atomic E-state index is 5.70. The van der Waals surface area contributed by atoms with Gasteiger partial charge in [0.15, 0.2) is 0 Å². The molecule has 0 aliphatic heterocycles. The van der Waals surface area contributed by atoms with E-state index in [1.54, 1.807) is 11.3 Å². The van der Waals surface area contributed by atoms with Crippen LogP contribution in [0, 0.1) is 0 Å². The normalized spacial score (nSPS) is 12.7. The number of fused-ring (bicyclic) bond motifs is 1. The Morgan fingerprint density at radius 2 is 2.00 bits per heavy atom. The minimum absolute atomic E-state index is 0.106. The Labute approximate surface area is 123 Å². The first-order valence-electron chi connectivity index (χ1n) is 5.83. The molecule has 3 aromatic rings. The predicted molar refractivity (Wildman–Crippen MR) is 82.9 cm³/mol. The minimum atomic E-state index is -0.106. The van der Waals surface area contributed by atoms with E-state index in [4.69, 9.17) is 5.84 Å². The van der Waals surface area contributed by atoms with Crippen LogP contribution in [-0.2, 0) is 0 Å². The van der Waals surface area contributed by atoms with Crippen LogP contribution in [-0.4, -0.2) is 4.98 Å². The summed E-state index contributed by atoms with van der Waals surface area (Å²) in [4.78, 5) is 4.68. The van der Waals surface area contributed by atoms with Gasteiger partial charge in [-0.2, -0.15) is 11.3 Å². The second-order valence-electron chi connectivity index (χ2n) is 4.20. The summed E-state index contributed by atoms with van der Waals surface area (Å²) in [6, 6.07) is 12.0. The van der Waals surface area contributed by atoms with Crippen LogP contribution in [0.1, 0.15) is 17.3 Å². The number of para-hydroxylation sites is 1. The van der Waals surface area contributed by atoms with Gasteiger partial charge in [-0.25, -0.2) is 5.43 Å². The fourth-order valence-electron chi connectivity index (χ4n) is 2.07. The fourth-order valence-corrected chi connectivity index (χ4v) is 3.63. The lowest BCUT2D eigenvalue weighted by atomic mass is 10.1. The Kier molecular flexibility index (Phi) is 3.61. The van der Waals surface area contributed by atoms with E-state index in [0.29, 0.717) is 0 Å². The molecule has 0 saturated carbocycles. The van der Waals surface area contributed by atoms with Crippen molar-refractivity contribution in [3.63, 3.8) is 0 Å². The lowest BCUT2D eigenvalue weighted by Gasteiger charge is -2.15. The van der Waals surface area contributed by atoms with Gasteiger partial charge >= 0.3 is 0 Å². The highest BCUT2D eigenvalue weighted by Crippen LogP contribution is 2.31. The molecule has 2 heterocycles. The molecule has 1 atom stereocenters. The van der Waals surface area contributed by atoms with E-state index in [1.165, 1.54) is 0 Å². The van der Waals surface area contributed by atoms with Crippen LogP contribution in [0.4, 0.5) is 0 Å². The number of nitrogens with two attached hydrogens (primary N) is 1. The molecule has 0 amide bonds. The van der Waals surface area contributed by atoms with Gasteiger partial charge in [-0.05, 0) is 33.4 Å². The zero-order valence-electron chi connectivity index (χ0n) is 10.0. The molecule has 1 aromatic carbocycles. The first-order valence-corrected chi connectivity index (χ1v) is 7.56. The summed E-state index contributed by atoms with van der Waals surface area (Å²) in [5.74, 6) is 5.70. The number of rotatable bonds is 3. The van der Waals surface area contributed by atoms with Gasteiger partial charge in [-0.1, -0.05) is 24.3 Å². The molecule has 0 saturated heterocycles. The van der Waals surface area contributed by atoms with E-state index < -0.39 is 0 Å². The number of halogens is 1. The number of hydrogen-bond donors (Lipinski definition) is 2. The zero-order chi connectivity index (χ0) is 13.2. The van der Waals surface area contributed by atoms with E-state index in [1.807, 2.05) is 29.6 Å². The number of pyridine rings is 1. The molecule has 1 unspecified atom stereocenters. The standard InChI is InChI=1S/C14H12BrN3S/c15-11-8-19-7-10(11)14(18-16)13-6-5-9-3-1-2-4-12(9)17-13/h1-8,14,18H,16H2. The molecule has 96 valence electrons. The molecule has 2 aromatic heterocycles. The van der Waals surface area contributed by atoms with Crippen LogP contribution in [0.2, 0.25) is 0 Å². The van der Waals surface area contributed by atoms with Crippen molar-refractivity contribution < 1.29 is 0 Å². The first kappa shape index (κ1) is 12.7. The van der Waals surface area contributed by atoms with Crippen molar-refractivity contribution in [1.29, 1.82) is 0 Å². The van der Waals surface area contributed by atoms with Crippen LogP contribution in [0.25, 0.3) is 10.9 Å². The zero-order valence-corrected chi connectivity index (χ0v) is 12.4. The minimum Gasteiger partial charge on any atom is -0.271 e. The number of thiophene rings is 1. The molecule has 3 nitrogen and oxygen atoms in total. The van der Waals surface area contributed by atoms with E-state index in [0.717, 1.165) is 26.6 Å². The van der Waals surface area contributed by atoms with Crippen molar-refractivity contribution in [1.82, 2.24) is 10.4 Å². The molecule has 0 spiro atoms. The summed E-state index contributed by atoms with van der Waals surface area (Å²) in [6.07, 6.45) is 0. The summed E-state index contributed by atoms with van der Waals surface area (Å²) >= 11 is 5.18. The Bertz CT molecular complexity index is 710.